The second kappa shape index (κ2) is 9.80. The number of hydrogen-bond acceptors (Lipinski definition) is 4. The van der Waals surface area contributed by atoms with Gasteiger partial charge in [0, 0.05) is 36.8 Å². The first-order valence-corrected chi connectivity index (χ1v) is 7.37. The van der Waals surface area contributed by atoms with Crippen molar-refractivity contribution >= 4 is 18.5 Å². The number of thiol groups is 1. The van der Waals surface area contributed by atoms with Gasteiger partial charge in [-0.2, -0.15) is 0 Å². The van der Waals surface area contributed by atoms with Crippen LogP contribution in [-0.2, 0) is 9.47 Å². The summed E-state index contributed by atoms with van der Waals surface area (Å²) in [7, 11) is 0. The number of carbonyl (C=O) groups excluding carboxylic acids is 1. The Balaban J connectivity index is 2.63. The first-order chi connectivity index (χ1) is 9.69. The third-order valence-electron chi connectivity index (χ3n) is 2.82. The van der Waals surface area contributed by atoms with Crippen molar-refractivity contribution in [3.63, 3.8) is 0 Å². The van der Waals surface area contributed by atoms with Gasteiger partial charge in [-0.15, -0.1) is 12.6 Å². The number of nitrogens with zero attached hydrogens (tertiary/aromatic N) is 1. The lowest BCUT2D eigenvalue weighted by Gasteiger charge is -2.22. The monoisotopic (exact) mass is 297 g/mol. The quantitative estimate of drug-likeness (QED) is 0.562. The topological polar surface area (TPSA) is 38.8 Å². The van der Waals surface area contributed by atoms with Crippen molar-refractivity contribution in [2.75, 3.05) is 39.5 Å². The molecule has 5 heteroatoms. The van der Waals surface area contributed by atoms with Crippen LogP contribution in [0, 0.1) is 0 Å². The standard InChI is InChI=1S/C15H23NO3S/c1-3-18-11-9-16(10-12-19-4-2)15(17)13-5-7-14(20)8-6-13/h5-8,20H,3-4,9-12H2,1-2H3. The van der Waals surface area contributed by atoms with Crippen molar-refractivity contribution in [1.29, 1.82) is 0 Å². The Morgan fingerprint density at radius 2 is 1.55 bits per heavy atom. The summed E-state index contributed by atoms with van der Waals surface area (Å²) in [5.41, 5.74) is 0.663. The molecule has 1 aromatic rings. The minimum Gasteiger partial charge on any atom is -0.380 e. The van der Waals surface area contributed by atoms with Gasteiger partial charge in [-0.3, -0.25) is 4.79 Å². The van der Waals surface area contributed by atoms with Crippen LogP contribution in [0.1, 0.15) is 24.2 Å². The molecule has 20 heavy (non-hydrogen) atoms. The summed E-state index contributed by atoms with van der Waals surface area (Å²) in [5, 5.41) is 0. The molecule has 1 amide bonds. The van der Waals surface area contributed by atoms with Gasteiger partial charge in [-0.1, -0.05) is 0 Å². The van der Waals surface area contributed by atoms with Crippen LogP contribution in [0.15, 0.2) is 29.2 Å². The van der Waals surface area contributed by atoms with E-state index in [0.717, 1.165) is 4.90 Å². The Morgan fingerprint density at radius 3 is 2.00 bits per heavy atom. The van der Waals surface area contributed by atoms with Crippen LogP contribution in [0.4, 0.5) is 0 Å². The van der Waals surface area contributed by atoms with Gasteiger partial charge in [0.25, 0.3) is 5.91 Å². The van der Waals surface area contributed by atoms with Crippen LogP contribution in [-0.4, -0.2) is 50.3 Å². The molecule has 0 aliphatic carbocycles. The van der Waals surface area contributed by atoms with Gasteiger partial charge >= 0.3 is 0 Å². The minimum atomic E-state index is -0.00209. The third-order valence-corrected chi connectivity index (χ3v) is 3.12. The molecule has 4 nitrogen and oxygen atoms in total. The van der Waals surface area contributed by atoms with Crippen LogP contribution in [0.25, 0.3) is 0 Å². The first kappa shape index (κ1) is 17.0. The van der Waals surface area contributed by atoms with Crippen LogP contribution in [0.5, 0.6) is 0 Å². The largest absolute Gasteiger partial charge is 0.380 e. The minimum absolute atomic E-state index is 0.00209. The molecule has 0 fully saturated rings. The van der Waals surface area contributed by atoms with Crippen LogP contribution < -0.4 is 0 Å². The second-order valence-electron chi connectivity index (χ2n) is 4.23. The summed E-state index contributed by atoms with van der Waals surface area (Å²) < 4.78 is 10.7. The Bertz CT molecular complexity index is 385. The summed E-state index contributed by atoms with van der Waals surface area (Å²) in [6, 6.07) is 7.22. The molecule has 0 aliphatic rings. The van der Waals surface area contributed by atoms with Crippen molar-refractivity contribution in [2.45, 2.75) is 18.7 Å². The van der Waals surface area contributed by atoms with E-state index in [4.69, 9.17) is 9.47 Å². The fraction of sp³-hybridized carbons (Fsp3) is 0.533. The van der Waals surface area contributed by atoms with E-state index < -0.39 is 0 Å². The summed E-state index contributed by atoms with van der Waals surface area (Å²) in [5.74, 6) is -0.00209. The van der Waals surface area contributed by atoms with E-state index in [0.29, 0.717) is 45.1 Å². The maximum absolute atomic E-state index is 12.4. The lowest BCUT2D eigenvalue weighted by Crippen LogP contribution is -2.36. The van der Waals surface area contributed by atoms with E-state index in [9.17, 15) is 4.79 Å². The fourth-order valence-electron chi connectivity index (χ4n) is 1.74. The SMILES string of the molecule is CCOCCN(CCOCC)C(=O)c1ccc(S)cc1. The molecule has 1 aromatic carbocycles. The second-order valence-corrected chi connectivity index (χ2v) is 4.75. The smallest absolute Gasteiger partial charge is 0.254 e. The summed E-state index contributed by atoms with van der Waals surface area (Å²) in [4.78, 5) is 15.0. The fourth-order valence-corrected chi connectivity index (χ4v) is 1.89. The van der Waals surface area contributed by atoms with E-state index in [-0.39, 0.29) is 5.91 Å². The Labute approximate surface area is 126 Å². The number of amides is 1. The van der Waals surface area contributed by atoms with E-state index in [1.54, 1.807) is 17.0 Å². The third kappa shape index (κ3) is 5.94. The van der Waals surface area contributed by atoms with Crippen molar-refractivity contribution in [1.82, 2.24) is 4.90 Å². The lowest BCUT2D eigenvalue weighted by atomic mass is 10.2. The summed E-state index contributed by atoms with van der Waals surface area (Å²) in [6.45, 7) is 7.42. The molecule has 1 rings (SSSR count). The molecule has 0 saturated heterocycles. The van der Waals surface area contributed by atoms with Gasteiger partial charge in [-0.05, 0) is 38.1 Å². The van der Waals surface area contributed by atoms with E-state index in [2.05, 4.69) is 12.6 Å². The summed E-state index contributed by atoms with van der Waals surface area (Å²) in [6.07, 6.45) is 0. The Morgan fingerprint density at radius 1 is 1.05 bits per heavy atom. The lowest BCUT2D eigenvalue weighted by molar-refractivity contribution is 0.0550. The van der Waals surface area contributed by atoms with Crippen molar-refractivity contribution in [2.24, 2.45) is 0 Å². The van der Waals surface area contributed by atoms with Gasteiger partial charge in [0.15, 0.2) is 0 Å². The molecule has 0 heterocycles. The Hall–Kier alpha value is -1.04. The first-order valence-electron chi connectivity index (χ1n) is 6.92. The molecule has 0 atom stereocenters. The zero-order valence-corrected chi connectivity index (χ0v) is 13.1. The number of rotatable bonds is 9. The van der Waals surface area contributed by atoms with Crippen molar-refractivity contribution in [3.8, 4) is 0 Å². The highest BCUT2D eigenvalue weighted by Gasteiger charge is 2.15. The molecular weight excluding hydrogens is 274 g/mol. The average molecular weight is 297 g/mol. The zero-order chi connectivity index (χ0) is 14.8. The number of hydrogen-bond donors (Lipinski definition) is 1. The highest BCUT2D eigenvalue weighted by Crippen LogP contribution is 2.10. The Kier molecular flexibility index (Phi) is 8.34. The van der Waals surface area contributed by atoms with Crippen molar-refractivity contribution in [3.05, 3.63) is 29.8 Å². The maximum Gasteiger partial charge on any atom is 0.254 e. The van der Waals surface area contributed by atoms with Crippen LogP contribution in [0.2, 0.25) is 0 Å². The molecule has 0 aromatic heterocycles. The maximum atomic E-state index is 12.4. The predicted molar refractivity (Wildman–Crippen MR) is 82.6 cm³/mol. The van der Waals surface area contributed by atoms with Gasteiger partial charge in [0.1, 0.15) is 0 Å². The molecule has 0 saturated carbocycles. The molecule has 0 N–H and O–H groups in total. The van der Waals surface area contributed by atoms with Gasteiger partial charge in [0.05, 0.1) is 13.2 Å². The van der Waals surface area contributed by atoms with Gasteiger partial charge in [0.2, 0.25) is 0 Å². The number of benzene rings is 1. The van der Waals surface area contributed by atoms with Gasteiger partial charge < -0.3 is 14.4 Å². The molecule has 0 spiro atoms. The van der Waals surface area contributed by atoms with Gasteiger partial charge in [-0.25, -0.2) is 0 Å². The number of carbonyl (C=O) groups is 1. The van der Waals surface area contributed by atoms with Crippen molar-refractivity contribution < 1.29 is 14.3 Å². The van der Waals surface area contributed by atoms with Crippen LogP contribution in [0.3, 0.4) is 0 Å². The van der Waals surface area contributed by atoms with E-state index in [1.807, 2.05) is 26.0 Å². The van der Waals surface area contributed by atoms with E-state index >= 15 is 0 Å². The van der Waals surface area contributed by atoms with Crippen LogP contribution >= 0.6 is 12.6 Å². The molecule has 0 bridgehead atoms. The van der Waals surface area contributed by atoms with E-state index in [1.165, 1.54) is 0 Å². The highest BCUT2D eigenvalue weighted by atomic mass is 32.1. The summed E-state index contributed by atoms with van der Waals surface area (Å²) >= 11 is 4.23. The zero-order valence-electron chi connectivity index (χ0n) is 12.2. The normalized spacial score (nSPS) is 10.6. The average Bonchev–Trinajstić information content (AvgIpc) is 2.46. The number of ether oxygens (including phenoxy) is 2. The highest BCUT2D eigenvalue weighted by molar-refractivity contribution is 7.80. The predicted octanol–water partition coefficient (Wildman–Crippen LogP) is 2.49. The molecule has 112 valence electrons. The molecular formula is C15H23NO3S. The molecule has 0 unspecified atom stereocenters. The molecule has 0 radical (unpaired) electrons. The molecule has 0 aliphatic heterocycles.